The molecule has 9 heteroatoms. The minimum absolute atomic E-state index is 0.000834. The second-order valence-electron chi connectivity index (χ2n) is 9.40. The molecule has 6 nitrogen and oxygen atoms in total. The molecule has 0 saturated heterocycles. The average molecular weight is 524 g/mol. The number of nitrogens with zero attached hydrogens (tertiary/aromatic N) is 1. The predicted octanol–water partition coefficient (Wildman–Crippen LogP) is 6.11. The SMILES string of the molecule is CCCC[C@@]1(CC)CN(c2ccccc2)c2cc(SC)c(OC[C@@](C)(F)C(=O)O)cc2S(=O)(=O)C1. The summed E-state index contributed by atoms with van der Waals surface area (Å²) in [6.45, 7) is 4.89. The highest BCUT2D eigenvalue weighted by atomic mass is 32.2. The number of sulfone groups is 1. The van der Waals surface area contributed by atoms with Crippen molar-refractivity contribution in [3.8, 4) is 5.75 Å². The van der Waals surface area contributed by atoms with Crippen LogP contribution in [0.2, 0.25) is 0 Å². The molecule has 2 aromatic rings. The molecule has 0 aromatic heterocycles. The molecule has 3 rings (SSSR count). The standard InChI is InChI=1S/C26H34FNO5S2/c1-5-7-13-26(6-2)16-28(19-11-9-8-10-12-19)20-14-22(34-4)21(15-23(20)35(31,32)18-26)33-17-25(3,27)24(29)30/h8-12,14-15H,5-7,13,16-18H2,1-4H3,(H,29,30)/t25-,26+/m1/s1. The fourth-order valence-electron chi connectivity index (χ4n) is 4.42. The van der Waals surface area contributed by atoms with Gasteiger partial charge in [-0.3, -0.25) is 0 Å². The second kappa shape index (κ2) is 10.8. The number of unbranched alkanes of at least 4 members (excludes halogenated alkanes) is 1. The van der Waals surface area contributed by atoms with E-state index in [1.807, 2.05) is 43.5 Å². The van der Waals surface area contributed by atoms with Crippen molar-refractivity contribution < 1.29 is 27.4 Å². The molecule has 1 aliphatic rings. The molecule has 2 aromatic carbocycles. The third-order valence-corrected chi connectivity index (χ3v) is 9.43. The molecule has 0 spiro atoms. The summed E-state index contributed by atoms with van der Waals surface area (Å²) in [5.74, 6) is -1.47. The van der Waals surface area contributed by atoms with Crippen molar-refractivity contribution in [1.82, 2.24) is 0 Å². The first kappa shape index (κ1) is 27.3. The molecule has 0 radical (unpaired) electrons. The Morgan fingerprint density at radius 1 is 1.26 bits per heavy atom. The molecule has 1 N–H and O–H groups in total. The lowest BCUT2D eigenvalue weighted by molar-refractivity contribution is -0.151. The van der Waals surface area contributed by atoms with Crippen LogP contribution in [0.25, 0.3) is 0 Å². The highest BCUT2D eigenvalue weighted by Crippen LogP contribution is 2.47. The van der Waals surface area contributed by atoms with Crippen LogP contribution < -0.4 is 9.64 Å². The van der Waals surface area contributed by atoms with E-state index < -0.39 is 33.5 Å². The first-order chi connectivity index (χ1) is 16.5. The number of halogens is 1. The summed E-state index contributed by atoms with van der Waals surface area (Å²) in [5, 5.41) is 9.11. The third-order valence-electron chi connectivity index (χ3n) is 6.68. The first-order valence-corrected chi connectivity index (χ1v) is 14.7. The van der Waals surface area contributed by atoms with Gasteiger partial charge in [-0.1, -0.05) is 44.9 Å². The van der Waals surface area contributed by atoms with Crippen molar-refractivity contribution in [2.45, 2.75) is 61.9 Å². The third kappa shape index (κ3) is 5.94. The molecule has 35 heavy (non-hydrogen) atoms. The van der Waals surface area contributed by atoms with Crippen molar-refractivity contribution in [1.29, 1.82) is 0 Å². The van der Waals surface area contributed by atoms with E-state index in [9.17, 15) is 17.6 Å². The van der Waals surface area contributed by atoms with Gasteiger partial charge < -0.3 is 14.7 Å². The Balaban J connectivity index is 2.19. The summed E-state index contributed by atoms with van der Waals surface area (Å²) in [5.41, 5.74) is -1.59. The monoisotopic (exact) mass is 523 g/mol. The number of carboxylic acids is 1. The zero-order valence-corrected chi connectivity index (χ0v) is 22.3. The molecule has 2 atom stereocenters. The van der Waals surface area contributed by atoms with Crippen molar-refractivity contribution in [2.75, 3.05) is 30.1 Å². The molecule has 0 amide bonds. The van der Waals surface area contributed by atoms with Gasteiger partial charge >= 0.3 is 5.97 Å². The van der Waals surface area contributed by atoms with Crippen molar-refractivity contribution in [3.63, 3.8) is 0 Å². The van der Waals surface area contributed by atoms with E-state index in [4.69, 9.17) is 9.84 Å². The smallest absolute Gasteiger partial charge is 0.344 e. The fourth-order valence-corrected chi connectivity index (χ4v) is 7.14. The molecule has 0 aliphatic carbocycles. The number of anilines is 2. The Morgan fingerprint density at radius 3 is 2.51 bits per heavy atom. The quantitative estimate of drug-likeness (QED) is 0.376. The number of carboxylic acid groups (broad SMARTS) is 1. The predicted molar refractivity (Wildman–Crippen MR) is 139 cm³/mol. The maximum absolute atomic E-state index is 14.4. The van der Waals surface area contributed by atoms with Gasteiger partial charge in [-0.25, -0.2) is 17.6 Å². The van der Waals surface area contributed by atoms with Crippen molar-refractivity contribution >= 4 is 38.9 Å². The number of rotatable bonds is 10. The highest BCUT2D eigenvalue weighted by Gasteiger charge is 2.42. The van der Waals surface area contributed by atoms with E-state index in [1.54, 1.807) is 6.07 Å². The van der Waals surface area contributed by atoms with Crippen molar-refractivity contribution in [3.05, 3.63) is 42.5 Å². The van der Waals surface area contributed by atoms with E-state index in [1.165, 1.54) is 17.8 Å². The molecular formula is C26H34FNO5S2. The number of para-hydroxylation sites is 1. The Labute approximate surface area is 211 Å². The van der Waals surface area contributed by atoms with Crippen LogP contribution in [-0.4, -0.2) is 50.3 Å². The maximum Gasteiger partial charge on any atom is 0.344 e. The number of carbonyl (C=O) groups is 1. The van der Waals surface area contributed by atoms with Gasteiger partial charge in [0, 0.05) is 23.7 Å². The minimum Gasteiger partial charge on any atom is -0.488 e. The van der Waals surface area contributed by atoms with E-state index in [0.29, 0.717) is 23.5 Å². The Morgan fingerprint density at radius 2 is 1.94 bits per heavy atom. The number of hydrogen-bond donors (Lipinski definition) is 1. The van der Waals surface area contributed by atoms with Crippen LogP contribution in [-0.2, 0) is 14.6 Å². The number of benzene rings is 2. The lowest BCUT2D eigenvalue weighted by Crippen LogP contribution is -2.37. The maximum atomic E-state index is 14.4. The summed E-state index contributed by atoms with van der Waals surface area (Å²) < 4.78 is 47.6. The van der Waals surface area contributed by atoms with Crippen molar-refractivity contribution in [2.24, 2.45) is 5.41 Å². The number of fused-ring (bicyclic) bond motifs is 1. The van der Waals surface area contributed by atoms with Crippen LogP contribution in [0.4, 0.5) is 15.8 Å². The number of hydrogen-bond acceptors (Lipinski definition) is 6. The van der Waals surface area contributed by atoms with Crippen LogP contribution in [0.1, 0.15) is 46.5 Å². The van der Waals surface area contributed by atoms with Gasteiger partial charge in [0.05, 0.1) is 21.2 Å². The molecular weight excluding hydrogens is 489 g/mol. The van der Waals surface area contributed by atoms with E-state index in [2.05, 4.69) is 11.8 Å². The molecule has 1 heterocycles. The lowest BCUT2D eigenvalue weighted by atomic mass is 9.81. The molecule has 0 unspecified atom stereocenters. The van der Waals surface area contributed by atoms with Crippen LogP contribution in [0, 0.1) is 5.41 Å². The summed E-state index contributed by atoms with van der Waals surface area (Å²) in [6.07, 6.45) is 5.21. The van der Waals surface area contributed by atoms with Crippen LogP contribution in [0.15, 0.2) is 52.3 Å². The summed E-state index contributed by atoms with van der Waals surface area (Å²) in [4.78, 5) is 14.0. The topological polar surface area (TPSA) is 83.9 Å². The zero-order valence-electron chi connectivity index (χ0n) is 20.7. The summed E-state index contributed by atoms with van der Waals surface area (Å²) >= 11 is 1.33. The number of alkyl halides is 1. The molecule has 1 aliphatic heterocycles. The van der Waals surface area contributed by atoms with Gasteiger partial charge in [0.25, 0.3) is 0 Å². The van der Waals surface area contributed by atoms with Gasteiger partial charge in [-0.15, -0.1) is 11.8 Å². The van der Waals surface area contributed by atoms with E-state index in [0.717, 1.165) is 31.9 Å². The molecule has 192 valence electrons. The summed E-state index contributed by atoms with van der Waals surface area (Å²) in [7, 11) is -3.73. The van der Waals surface area contributed by atoms with Crippen LogP contribution >= 0.6 is 11.8 Å². The van der Waals surface area contributed by atoms with Crippen LogP contribution in [0.5, 0.6) is 5.75 Å². The fraction of sp³-hybridized carbons (Fsp3) is 0.500. The summed E-state index contributed by atoms with van der Waals surface area (Å²) in [6, 6.07) is 12.9. The van der Waals surface area contributed by atoms with Gasteiger partial charge in [0.2, 0.25) is 5.67 Å². The largest absolute Gasteiger partial charge is 0.488 e. The second-order valence-corrected chi connectivity index (χ2v) is 12.2. The van der Waals surface area contributed by atoms with Gasteiger partial charge in [-0.2, -0.15) is 0 Å². The molecule has 0 bridgehead atoms. The Kier molecular flexibility index (Phi) is 8.42. The number of aliphatic carboxylic acids is 1. The average Bonchev–Trinajstić information content (AvgIpc) is 2.93. The van der Waals surface area contributed by atoms with E-state index in [-0.39, 0.29) is 16.4 Å². The molecule has 0 fully saturated rings. The Hall–Kier alpha value is -2.26. The van der Waals surface area contributed by atoms with E-state index >= 15 is 0 Å². The Bertz CT molecular complexity index is 1150. The minimum atomic E-state index is -3.73. The lowest BCUT2D eigenvalue weighted by Gasteiger charge is -2.36. The number of thioether (sulfide) groups is 1. The van der Waals surface area contributed by atoms with Crippen LogP contribution in [0.3, 0.4) is 0 Å². The van der Waals surface area contributed by atoms with Gasteiger partial charge in [-0.05, 0) is 44.2 Å². The first-order valence-electron chi connectivity index (χ1n) is 11.8. The highest BCUT2D eigenvalue weighted by molar-refractivity contribution is 7.98. The van der Waals surface area contributed by atoms with Gasteiger partial charge in [0.1, 0.15) is 12.4 Å². The normalized spacial score (nSPS) is 21.0. The number of ether oxygens (including phenoxy) is 1. The molecule has 0 saturated carbocycles. The zero-order chi connectivity index (χ0) is 25.9. The van der Waals surface area contributed by atoms with Gasteiger partial charge in [0.15, 0.2) is 9.84 Å².